The largest absolute Gasteiger partial charge is 0.350 e. The van der Waals surface area contributed by atoms with Gasteiger partial charge in [-0.2, -0.15) is 5.10 Å². The molecular weight excluding hydrogens is 250 g/mol. The van der Waals surface area contributed by atoms with Gasteiger partial charge >= 0.3 is 12.1 Å². The summed E-state index contributed by atoms with van der Waals surface area (Å²) in [6.45, 7) is 2.08. The van der Waals surface area contributed by atoms with Crippen LogP contribution in [0, 0.1) is 0 Å². The molecule has 0 aromatic carbocycles. The fraction of sp³-hybridized carbons (Fsp3) is 0.636. The normalized spacial score (nSPS) is 22.4. The predicted octanol–water partition coefficient (Wildman–Crippen LogP) is 0.189. The maximum atomic E-state index is 11.8. The number of unbranched alkanes of at least 4 members (excludes halogenated alkanes) is 3. The Kier molecular flexibility index (Phi) is 5.28. The number of rotatable bonds is 7. The van der Waals surface area contributed by atoms with Crippen molar-refractivity contribution in [3.05, 3.63) is 0 Å². The van der Waals surface area contributed by atoms with Crippen LogP contribution >= 0.6 is 0 Å². The molecule has 1 aliphatic rings. The van der Waals surface area contributed by atoms with Crippen molar-refractivity contribution in [3.8, 4) is 0 Å². The van der Waals surface area contributed by atoms with Crippen molar-refractivity contribution < 1.29 is 14.4 Å². The van der Waals surface area contributed by atoms with Crippen LogP contribution < -0.4 is 21.8 Å². The topological polar surface area (TPSA) is 126 Å². The zero-order chi connectivity index (χ0) is 14.3. The third kappa shape index (κ3) is 4.23. The standard InChI is InChI=1S/C11H19N5O3/c1-2-3-4-5-6-11(7-13-16-9(12)18)8(17)14-10(19)15-11/h7H,2-6H2,1H3,(H3,12,16,18)(H2,14,15,17,19)/b13-7+. The SMILES string of the molecule is CCCCCCC1(/C=N/NC(N)=O)NC(=O)NC1=O. The predicted molar refractivity (Wildman–Crippen MR) is 69.4 cm³/mol. The van der Waals surface area contributed by atoms with E-state index in [-0.39, 0.29) is 0 Å². The summed E-state index contributed by atoms with van der Waals surface area (Å²) >= 11 is 0. The summed E-state index contributed by atoms with van der Waals surface area (Å²) in [6, 6.07) is -1.40. The summed E-state index contributed by atoms with van der Waals surface area (Å²) in [5.74, 6) is -0.469. The summed E-state index contributed by atoms with van der Waals surface area (Å²) in [7, 11) is 0. The molecule has 1 atom stereocenters. The minimum absolute atomic E-state index is 0.425. The van der Waals surface area contributed by atoms with Gasteiger partial charge in [0.15, 0.2) is 5.54 Å². The Morgan fingerprint density at radius 1 is 1.42 bits per heavy atom. The second-order valence-corrected chi connectivity index (χ2v) is 4.42. The number of hydrogen-bond acceptors (Lipinski definition) is 4. The monoisotopic (exact) mass is 269 g/mol. The molecule has 8 nitrogen and oxygen atoms in total. The second kappa shape index (κ2) is 6.72. The summed E-state index contributed by atoms with van der Waals surface area (Å²) in [6.07, 6.45) is 5.49. The Morgan fingerprint density at radius 2 is 2.16 bits per heavy atom. The van der Waals surface area contributed by atoms with E-state index in [1.807, 2.05) is 5.43 Å². The number of imide groups is 1. The lowest BCUT2D eigenvalue weighted by Crippen LogP contribution is -2.49. The molecule has 1 fully saturated rings. The number of amides is 5. The number of primary amides is 1. The van der Waals surface area contributed by atoms with E-state index < -0.39 is 23.5 Å². The van der Waals surface area contributed by atoms with Gasteiger partial charge < -0.3 is 11.1 Å². The van der Waals surface area contributed by atoms with Gasteiger partial charge in [-0.3, -0.25) is 10.1 Å². The van der Waals surface area contributed by atoms with Crippen LogP contribution in [0.25, 0.3) is 0 Å². The molecule has 5 amide bonds. The van der Waals surface area contributed by atoms with E-state index in [4.69, 9.17) is 5.73 Å². The molecule has 0 saturated carbocycles. The summed E-state index contributed by atoms with van der Waals surface area (Å²) in [5.41, 5.74) is 5.68. The molecule has 8 heteroatoms. The highest BCUT2D eigenvalue weighted by molar-refractivity contribution is 6.16. The Balaban J connectivity index is 2.68. The lowest BCUT2D eigenvalue weighted by Gasteiger charge is -2.20. The van der Waals surface area contributed by atoms with Crippen molar-refractivity contribution >= 4 is 24.2 Å². The minimum atomic E-state index is -1.20. The van der Waals surface area contributed by atoms with Gasteiger partial charge in [0.05, 0.1) is 6.21 Å². The molecule has 0 spiro atoms. The smallest absolute Gasteiger partial charge is 0.332 e. The van der Waals surface area contributed by atoms with E-state index in [1.54, 1.807) is 0 Å². The van der Waals surface area contributed by atoms with Crippen LogP contribution in [0.5, 0.6) is 0 Å². The van der Waals surface area contributed by atoms with Gasteiger partial charge in [-0.05, 0) is 6.42 Å². The van der Waals surface area contributed by atoms with E-state index in [0.717, 1.165) is 25.7 Å². The molecule has 1 saturated heterocycles. The summed E-state index contributed by atoms with van der Waals surface area (Å²) in [5, 5.41) is 8.27. The third-order valence-electron chi connectivity index (χ3n) is 2.85. The van der Waals surface area contributed by atoms with Crippen LogP contribution in [0.3, 0.4) is 0 Å². The highest BCUT2D eigenvalue weighted by Gasteiger charge is 2.44. The summed E-state index contributed by atoms with van der Waals surface area (Å²) < 4.78 is 0. The van der Waals surface area contributed by atoms with Gasteiger partial charge in [-0.1, -0.05) is 32.6 Å². The average molecular weight is 269 g/mol. The molecule has 0 aromatic heterocycles. The van der Waals surface area contributed by atoms with E-state index >= 15 is 0 Å². The van der Waals surface area contributed by atoms with Gasteiger partial charge in [0.25, 0.3) is 5.91 Å². The Hall–Kier alpha value is -2.12. The first-order valence-electron chi connectivity index (χ1n) is 6.23. The van der Waals surface area contributed by atoms with Gasteiger partial charge in [-0.15, -0.1) is 0 Å². The van der Waals surface area contributed by atoms with Crippen LogP contribution in [-0.2, 0) is 4.79 Å². The van der Waals surface area contributed by atoms with Gasteiger partial charge in [0.2, 0.25) is 0 Å². The van der Waals surface area contributed by atoms with Crippen molar-refractivity contribution in [3.63, 3.8) is 0 Å². The maximum Gasteiger partial charge on any atom is 0.332 e. The highest BCUT2D eigenvalue weighted by atomic mass is 16.2. The molecule has 1 heterocycles. The number of nitrogens with two attached hydrogens (primary N) is 1. The summed E-state index contributed by atoms with van der Waals surface area (Å²) in [4.78, 5) is 33.6. The van der Waals surface area contributed by atoms with Crippen molar-refractivity contribution in [1.29, 1.82) is 0 Å². The van der Waals surface area contributed by atoms with Crippen LogP contribution in [0.15, 0.2) is 5.10 Å². The fourth-order valence-electron chi connectivity index (χ4n) is 1.87. The highest BCUT2D eigenvalue weighted by Crippen LogP contribution is 2.18. The first-order chi connectivity index (χ1) is 9.00. The van der Waals surface area contributed by atoms with Crippen LogP contribution in [0.4, 0.5) is 9.59 Å². The molecular formula is C11H19N5O3. The minimum Gasteiger partial charge on any atom is -0.350 e. The van der Waals surface area contributed by atoms with Gasteiger partial charge in [-0.25, -0.2) is 15.0 Å². The molecule has 1 aliphatic heterocycles. The Labute approximate surface area is 111 Å². The molecule has 0 bridgehead atoms. The number of nitrogens with one attached hydrogen (secondary N) is 3. The van der Waals surface area contributed by atoms with Crippen molar-refractivity contribution in [2.75, 3.05) is 0 Å². The Morgan fingerprint density at radius 3 is 2.68 bits per heavy atom. The molecule has 106 valence electrons. The first kappa shape index (κ1) is 14.9. The number of hydrazone groups is 1. The molecule has 0 aromatic rings. The molecule has 19 heavy (non-hydrogen) atoms. The van der Waals surface area contributed by atoms with E-state index in [0.29, 0.717) is 6.42 Å². The zero-order valence-corrected chi connectivity index (χ0v) is 10.9. The van der Waals surface area contributed by atoms with Crippen LogP contribution in [-0.4, -0.2) is 29.7 Å². The average Bonchev–Trinajstić information content (AvgIpc) is 2.60. The van der Waals surface area contributed by atoms with Gasteiger partial charge in [0, 0.05) is 0 Å². The Bertz CT molecular complexity index is 396. The molecule has 0 aliphatic carbocycles. The quantitative estimate of drug-likeness (QED) is 0.228. The van der Waals surface area contributed by atoms with Crippen LogP contribution in [0.1, 0.15) is 39.0 Å². The van der Waals surface area contributed by atoms with Crippen molar-refractivity contribution in [2.45, 2.75) is 44.6 Å². The molecule has 5 N–H and O–H groups in total. The first-order valence-corrected chi connectivity index (χ1v) is 6.23. The lowest BCUT2D eigenvalue weighted by molar-refractivity contribution is -0.121. The van der Waals surface area contributed by atoms with Gasteiger partial charge in [0.1, 0.15) is 0 Å². The number of hydrogen-bond donors (Lipinski definition) is 4. The van der Waals surface area contributed by atoms with Crippen molar-refractivity contribution in [1.82, 2.24) is 16.1 Å². The molecule has 1 rings (SSSR count). The number of carbonyl (C=O) groups excluding carboxylic acids is 3. The van der Waals surface area contributed by atoms with Crippen molar-refractivity contribution in [2.24, 2.45) is 10.8 Å². The van der Waals surface area contributed by atoms with Crippen LogP contribution in [0.2, 0.25) is 0 Å². The van der Waals surface area contributed by atoms with E-state index in [1.165, 1.54) is 6.21 Å². The molecule has 0 radical (unpaired) electrons. The maximum absolute atomic E-state index is 11.8. The lowest BCUT2D eigenvalue weighted by atomic mass is 9.93. The second-order valence-electron chi connectivity index (χ2n) is 4.42. The zero-order valence-electron chi connectivity index (χ0n) is 10.9. The number of nitrogens with zero attached hydrogens (tertiary/aromatic N) is 1. The number of carbonyl (C=O) groups is 3. The number of urea groups is 2. The molecule has 1 unspecified atom stereocenters. The van der Waals surface area contributed by atoms with E-state index in [2.05, 4.69) is 22.7 Å². The van der Waals surface area contributed by atoms with E-state index in [9.17, 15) is 14.4 Å². The fourth-order valence-corrected chi connectivity index (χ4v) is 1.87. The third-order valence-corrected chi connectivity index (χ3v) is 2.85.